The van der Waals surface area contributed by atoms with Gasteiger partial charge in [-0.2, -0.15) is 0 Å². The third kappa shape index (κ3) is 5.84. The summed E-state index contributed by atoms with van der Waals surface area (Å²) in [5.41, 5.74) is 1.13. The molecule has 0 heterocycles. The van der Waals surface area contributed by atoms with Gasteiger partial charge in [0.1, 0.15) is 5.75 Å². The first kappa shape index (κ1) is 16.3. The van der Waals surface area contributed by atoms with Crippen LogP contribution in [0, 0.1) is 5.92 Å². The zero-order chi connectivity index (χ0) is 14.3. The Kier molecular flexibility index (Phi) is 7.25. The lowest BCUT2D eigenvalue weighted by atomic mass is 10.1. The van der Waals surface area contributed by atoms with E-state index < -0.39 is 0 Å². The second-order valence-electron chi connectivity index (χ2n) is 5.39. The second kappa shape index (κ2) is 8.44. The summed E-state index contributed by atoms with van der Waals surface area (Å²) in [6, 6.07) is 6.25. The average Bonchev–Trinajstić information content (AvgIpc) is 2.35. The van der Waals surface area contributed by atoms with Crippen LogP contribution >= 0.6 is 11.6 Å². The van der Waals surface area contributed by atoms with Crippen molar-refractivity contribution >= 4 is 11.6 Å². The van der Waals surface area contributed by atoms with Gasteiger partial charge in [0.25, 0.3) is 0 Å². The first-order valence-corrected chi connectivity index (χ1v) is 7.58. The fourth-order valence-electron chi connectivity index (χ4n) is 1.83. The molecule has 0 aliphatic carbocycles. The molecule has 0 spiro atoms. The van der Waals surface area contributed by atoms with E-state index in [1.54, 1.807) is 0 Å². The monoisotopic (exact) mass is 283 g/mol. The highest BCUT2D eigenvalue weighted by Gasteiger charge is 2.09. The number of hydrogen-bond acceptors (Lipinski definition) is 2. The maximum absolute atomic E-state index is 6.32. The molecule has 0 aromatic heterocycles. The van der Waals surface area contributed by atoms with Crippen molar-refractivity contribution in [3.63, 3.8) is 0 Å². The van der Waals surface area contributed by atoms with Gasteiger partial charge in [-0.15, -0.1) is 0 Å². The van der Waals surface area contributed by atoms with Crippen LogP contribution in [-0.4, -0.2) is 13.2 Å². The summed E-state index contributed by atoms with van der Waals surface area (Å²) in [5, 5.41) is 4.22. The molecule has 0 saturated heterocycles. The van der Waals surface area contributed by atoms with Crippen molar-refractivity contribution in [1.29, 1.82) is 0 Å². The van der Waals surface area contributed by atoms with Gasteiger partial charge in [0, 0.05) is 11.1 Å². The van der Waals surface area contributed by atoms with E-state index in [-0.39, 0.29) is 6.04 Å². The van der Waals surface area contributed by atoms with E-state index in [1.807, 2.05) is 12.1 Å². The molecule has 1 aromatic rings. The first-order chi connectivity index (χ1) is 9.04. The van der Waals surface area contributed by atoms with Gasteiger partial charge in [-0.3, -0.25) is 0 Å². The van der Waals surface area contributed by atoms with Crippen molar-refractivity contribution in [2.75, 3.05) is 13.2 Å². The van der Waals surface area contributed by atoms with Crippen LogP contribution in [0.3, 0.4) is 0 Å². The summed E-state index contributed by atoms with van der Waals surface area (Å²) in [6.45, 7) is 10.4. The van der Waals surface area contributed by atoms with E-state index >= 15 is 0 Å². The molecule has 1 aromatic carbocycles. The molecule has 1 N–H and O–H groups in total. The number of nitrogens with one attached hydrogen (secondary N) is 1. The molecule has 0 amide bonds. The summed E-state index contributed by atoms with van der Waals surface area (Å²) in [5.74, 6) is 1.52. The summed E-state index contributed by atoms with van der Waals surface area (Å²) >= 11 is 6.32. The lowest BCUT2D eigenvalue weighted by Gasteiger charge is -2.16. The molecular formula is C16H26ClNO. The Morgan fingerprint density at radius 1 is 1.26 bits per heavy atom. The first-order valence-electron chi connectivity index (χ1n) is 7.20. The molecule has 1 unspecified atom stereocenters. The second-order valence-corrected chi connectivity index (χ2v) is 5.80. The van der Waals surface area contributed by atoms with E-state index in [4.69, 9.17) is 16.3 Å². The number of ether oxygens (including phenoxy) is 1. The minimum absolute atomic E-state index is 0.275. The highest BCUT2D eigenvalue weighted by atomic mass is 35.5. The Morgan fingerprint density at radius 2 is 2.00 bits per heavy atom. The molecule has 0 radical (unpaired) electrons. The number of rotatable bonds is 8. The molecule has 0 aliphatic heterocycles. The maximum atomic E-state index is 6.32. The van der Waals surface area contributed by atoms with Crippen molar-refractivity contribution < 1.29 is 4.74 Å². The quantitative estimate of drug-likeness (QED) is 0.738. The van der Waals surface area contributed by atoms with Crippen molar-refractivity contribution in [2.45, 2.75) is 46.6 Å². The van der Waals surface area contributed by atoms with Crippen LogP contribution in [0.2, 0.25) is 5.02 Å². The Balaban J connectivity index is 2.58. The lowest BCUT2D eigenvalue weighted by molar-refractivity contribution is 0.289. The van der Waals surface area contributed by atoms with Gasteiger partial charge in [-0.1, -0.05) is 38.4 Å². The average molecular weight is 284 g/mol. The maximum Gasteiger partial charge on any atom is 0.120 e. The zero-order valence-electron chi connectivity index (χ0n) is 12.5. The molecular weight excluding hydrogens is 258 g/mol. The predicted molar refractivity (Wildman–Crippen MR) is 83.1 cm³/mol. The van der Waals surface area contributed by atoms with Gasteiger partial charge in [0.05, 0.1) is 6.61 Å². The Bertz CT molecular complexity index is 379. The predicted octanol–water partition coefficient (Wildman–Crippen LogP) is 4.83. The van der Waals surface area contributed by atoms with E-state index in [0.717, 1.165) is 42.3 Å². The third-order valence-electron chi connectivity index (χ3n) is 3.10. The van der Waals surface area contributed by atoms with Crippen LogP contribution in [0.4, 0.5) is 0 Å². The molecule has 1 rings (SSSR count). The van der Waals surface area contributed by atoms with Crippen LogP contribution in [-0.2, 0) is 0 Å². The van der Waals surface area contributed by atoms with E-state index in [9.17, 15) is 0 Å². The summed E-state index contributed by atoms with van der Waals surface area (Å²) in [4.78, 5) is 0. The summed E-state index contributed by atoms with van der Waals surface area (Å²) < 4.78 is 5.71. The molecule has 19 heavy (non-hydrogen) atoms. The van der Waals surface area contributed by atoms with E-state index in [1.165, 1.54) is 0 Å². The highest BCUT2D eigenvalue weighted by Crippen LogP contribution is 2.27. The van der Waals surface area contributed by atoms with Crippen LogP contribution in [0.1, 0.15) is 52.1 Å². The molecule has 0 fully saturated rings. The van der Waals surface area contributed by atoms with Gasteiger partial charge in [0.15, 0.2) is 0 Å². The summed E-state index contributed by atoms with van der Waals surface area (Å²) in [7, 11) is 0. The molecule has 3 heteroatoms. The lowest BCUT2D eigenvalue weighted by Crippen LogP contribution is -2.19. The fraction of sp³-hybridized carbons (Fsp3) is 0.625. The van der Waals surface area contributed by atoms with Crippen molar-refractivity contribution in [3.05, 3.63) is 28.8 Å². The van der Waals surface area contributed by atoms with Crippen molar-refractivity contribution in [3.8, 4) is 5.75 Å². The minimum atomic E-state index is 0.275. The topological polar surface area (TPSA) is 21.3 Å². The highest BCUT2D eigenvalue weighted by molar-refractivity contribution is 6.31. The van der Waals surface area contributed by atoms with Gasteiger partial charge in [-0.05, 0) is 49.9 Å². The molecule has 0 saturated carbocycles. The Hall–Kier alpha value is -0.730. The Labute approximate surface area is 122 Å². The third-order valence-corrected chi connectivity index (χ3v) is 3.43. The molecule has 0 aliphatic rings. The van der Waals surface area contributed by atoms with Crippen LogP contribution in [0.15, 0.2) is 18.2 Å². The smallest absolute Gasteiger partial charge is 0.120 e. The molecule has 0 bridgehead atoms. The van der Waals surface area contributed by atoms with E-state index in [2.05, 4.69) is 39.1 Å². The van der Waals surface area contributed by atoms with Gasteiger partial charge >= 0.3 is 0 Å². The van der Waals surface area contributed by atoms with E-state index in [0.29, 0.717) is 5.92 Å². The van der Waals surface area contributed by atoms with Crippen molar-refractivity contribution in [2.24, 2.45) is 5.92 Å². The van der Waals surface area contributed by atoms with Crippen LogP contribution < -0.4 is 10.1 Å². The fourth-order valence-corrected chi connectivity index (χ4v) is 2.17. The number of halogens is 1. The minimum Gasteiger partial charge on any atom is -0.494 e. The van der Waals surface area contributed by atoms with Crippen molar-refractivity contribution in [1.82, 2.24) is 5.32 Å². The normalized spacial score (nSPS) is 12.7. The molecule has 108 valence electrons. The summed E-state index contributed by atoms with van der Waals surface area (Å²) in [6.07, 6.45) is 2.19. The molecule has 2 nitrogen and oxygen atoms in total. The van der Waals surface area contributed by atoms with Gasteiger partial charge < -0.3 is 10.1 Å². The molecule has 1 atom stereocenters. The van der Waals surface area contributed by atoms with Gasteiger partial charge in [0.2, 0.25) is 0 Å². The Morgan fingerprint density at radius 3 is 2.58 bits per heavy atom. The SMILES string of the molecule is CCCNC(C)c1ccc(OCCC(C)C)cc1Cl. The zero-order valence-corrected chi connectivity index (χ0v) is 13.3. The standard InChI is InChI=1S/C16H26ClNO/c1-5-9-18-13(4)15-7-6-14(11-16(15)17)19-10-8-12(2)3/h6-7,11-13,18H,5,8-10H2,1-4H3. The number of hydrogen-bond donors (Lipinski definition) is 1. The largest absolute Gasteiger partial charge is 0.494 e. The van der Waals surface area contributed by atoms with Crippen LogP contribution in [0.5, 0.6) is 5.75 Å². The van der Waals surface area contributed by atoms with Crippen LogP contribution in [0.25, 0.3) is 0 Å². The van der Waals surface area contributed by atoms with Gasteiger partial charge in [-0.25, -0.2) is 0 Å². The number of benzene rings is 1.